The predicted molar refractivity (Wildman–Crippen MR) is 156 cm³/mol. The van der Waals surface area contributed by atoms with Gasteiger partial charge in [0.05, 0.1) is 6.20 Å². The van der Waals surface area contributed by atoms with Gasteiger partial charge in [-0.2, -0.15) is 0 Å². The Bertz CT molecular complexity index is 1270. The van der Waals surface area contributed by atoms with Gasteiger partial charge in [-0.25, -0.2) is 0 Å². The van der Waals surface area contributed by atoms with E-state index in [2.05, 4.69) is 100 Å². The zero-order valence-corrected chi connectivity index (χ0v) is 26.9. The maximum Gasteiger partial charge on any atom is 2.00 e. The van der Waals surface area contributed by atoms with Crippen LogP contribution < -0.4 is 26.6 Å². The molecule has 39 heavy (non-hydrogen) atoms. The van der Waals surface area contributed by atoms with Crippen molar-refractivity contribution >= 4 is 23.1 Å². The van der Waals surface area contributed by atoms with E-state index in [1.54, 1.807) is 4.68 Å². The molecule has 0 aliphatic rings. The number of aromatic nitrogens is 3. The van der Waals surface area contributed by atoms with Gasteiger partial charge in [0, 0.05) is 12.6 Å². The van der Waals surface area contributed by atoms with Crippen LogP contribution in [0.3, 0.4) is 0 Å². The summed E-state index contributed by atoms with van der Waals surface area (Å²) < 4.78 is 1.74. The molecular formula is C32H40BN3O2Pt. The van der Waals surface area contributed by atoms with Crippen LogP contribution in [0.25, 0.3) is 11.3 Å². The summed E-state index contributed by atoms with van der Waals surface area (Å²) in [6.07, 6.45) is 0.828. The zero-order chi connectivity index (χ0) is 28.1. The molecular weight excluding hydrogens is 664 g/mol. The van der Waals surface area contributed by atoms with E-state index in [1.807, 2.05) is 13.2 Å². The number of hydrogen-bond acceptors (Lipinski definition) is 4. The third-order valence-corrected chi connectivity index (χ3v) is 6.86. The molecule has 0 aliphatic carbocycles. The molecule has 1 heterocycles. The molecule has 0 fully saturated rings. The standard InChI is InChI=1S/C27H30BN3.C5H10O2.Pt/c1-17-12-19(3)26(20(4)13-17)28(27-21(5)14-18(2)15-22(27)6)24-10-8-23(9-11-24)25-16-31(7)30-29-25;1-4(6)3-5(2)7;/h8-16H,1-7H3;4-5H,3H2,1-2H3;/q;-2;+2. The smallest absolute Gasteiger partial charge is 0.852 e. The quantitative estimate of drug-likeness (QED) is 0.290. The molecule has 0 saturated carbocycles. The van der Waals surface area contributed by atoms with Gasteiger partial charge in [0.25, 0.3) is 0 Å². The summed E-state index contributed by atoms with van der Waals surface area (Å²) >= 11 is 0. The third kappa shape index (κ3) is 8.48. The largest absolute Gasteiger partial charge is 2.00 e. The Morgan fingerprint density at radius 2 is 1.15 bits per heavy atom. The van der Waals surface area contributed by atoms with Crippen molar-refractivity contribution in [1.82, 2.24) is 15.0 Å². The molecule has 0 amide bonds. The van der Waals surface area contributed by atoms with Gasteiger partial charge in [-0.3, -0.25) is 4.68 Å². The molecule has 7 heteroatoms. The minimum atomic E-state index is -0.688. The average Bonchev–Trinajstić information content (AvgIpc) is 3.22. The van der Waals surface area contributed by atoms with Gasteiger partial charge in [-0.15, -0.1) is 17.3 Å². The summed E-state index contributed by atoms with van der Waals surface area (Å²) in [5, 5.41) is 28.6. The Morgan fingerprint density at radius 3 is 1.46 bits per heavy atom. The van der Waals surface area contributed by atoms with E-state index >= 15 is 0 Å². The molecule has 0 spiro atoms. The van der Waals surface area contributed by atoms with Crippen molar-refractivity contribution in [3.05, 3.63) is 88.1 Å². The van der Waals surface area contributed by atoms with Crippen molar-refractivity contribution in [3.8, 4) is 11.3 Å². The first kappa shape index (κ1) is 32.7. The Labute approximate surface area is 249 Å². The van der Waals surface area contributed by atoms with Crippen LogP contribution >= 0.6 is 0 Å². The fourth-order valence-electron chi connectivity index (χ4n) is 5.56. The van der Waals surface area contributed by atoms with Crippen LogP contribution in [0, 0.1) is 41.5 Å². The molecule has 4 rings (SSSR count). The van der Waals surface area contributed by atoms with E-state index < -0.39 is 12.2 Å². The first-order valence-corrected chi connectivity index (χ1v) is 13.3. The summed E-state index contributed by atoms with van der Waals surface area (Å²) in [5.41, 5.74) is 14.1. The maximum absolute atomic E-state index is 10.1. The van der Waals surface area contributed by atoms with E-state index in [9.17, 15) is 10.2 Å². The monoisotopic (exact) mass is 704 g/mol. The molecule has 2 atom stereocenters. The summed E-state index contributed by atoms with van der Waals surface area (Å²) in [6.45, 7) is 16.5. The van der Waals surface area contributed by atoms with Gasteiger partial charge in [-0.05, 0) is 41.5 Å². The Hall–Kier alpha value is -2.53. The normalized spacial score (nSPS) is 12.2. The topological polar surface area (TPSA) is 76.8 Å². The van der Waals surface area contributed by atoms with Crippen LogP contribution in [0.5, 0.6) is 0 Å². The fourth-order valence-corrected chi connectivity index (χ4v) is 5.56. The van der Waals surface area contributed by atoms with Gasteiger partial charge in [0.2, 0.25) is 6.71 Å². The average molecular weight is 705 g/mol. The van der Waals surface area contributed by atoms with Crippen molar-refractivity contribution < 1.29 is 31.3 Å². The minimum Gasteiger partial charge on any atom is -0.852 e. The van der Waals surface area contributed by atoms with Gasteiger partial charge in [-0.1, -0.05) is 124 Å². The molecule has 1 aromatic heterocycles. The van der Waals surface area contributed by atoms with E-state index in [0.29, 0.717) is 0 Å². The fraction of sp³-hybridized carbons (Fsp3) is 0.375. The molecule has 0 N–H and O–H groups in total. The van der Waals surface area contributed by atoms with Crippen molar-refractivity contribution in [2.24, 2.45) is 7.05 Å². The van der Waals surface area contributed by atoms with Crippen molar-refractivity contribution in [3.63, 3.8) is 0 Å². The third-order valence-electron chi connectivity index (χ3n) is 6.86. The molecule has 0 radical (unpaired) electrons. The molecule has 5 nitrogen and oxygen atoms in total. The predicted octanol–water partition coefficient (Wildman–Crippen LogP) is 2.72. The minimum absolute atomic E-state index is 0. The SMILES string of the molecule is CC([O-])CC(C)[O-].Cc1cc(C)c(B(c2ccc(-c3cn(C)nn3)cc2)c2c(C)cc(C)cc2C)c(C)c1.[Pt+2]. The van der Waals surface area contributed by atoms with Gasteiger partial charge in [0.1, 0.15) is 5.69 Å². The first-order chi connectivity index (χ1) is 17.9. The second-order valence-electron chi connectivity index (χ2n) is 10.8. The van der Waals surface area contributed by atoms with E-state index in [4.69, 9.17) is 0 Å². The molecule has 208 valence electrons. The molecule has 0 aliphatic heterocycles. The summed E-state index contributed by atoms with van der Waals surface area (Å²) in [7, 11) is 1.90. The Kier molecular flexibility index (Phi) is 11.9. The Morgan fingerprint density at radius 1 is 0.744 bits per heavy atom. The number of rotatable bonds is 6. The van der Waals surface area contributed by atoms with E-state index in [-0.39, 0.29) is 34.2 Å². The number of nitrogens with zero attached hydrogens (tertiary/aromatic N) is 3. The van der Waals surface area contributed by atoms with Crippen LogP contribution in [-0.4, -0.2) is 33.9 Å². The van der Waals surface area contributed by atoms with Crippen LogP contribution in [0.1, 0.15) is 53.6 Å². The number of benzene rings is 3. The zero-order valence-electron chi connectivity index (χ0n) is 24.6. The Balaban J connectivity index is 0.000000592. The molecule has 0 saturated heterocycles. The van der Waals surface area contributed by atoms with Crippen LogP contribution in [0.4, 0.5) is 0 Å². The maximum atomic E-state index is 10.1. The van der Waals surface area contributed by atoms with Crippen LogP contribution in [0.2, 0.25) is 0 Å². The summed E-state index contributed by atoms with van der Waals surface area (Å²) in [5.74, 6) is 0. The van der Waals surface area contributed by atoms with E-state index in [0.717, 1.165) is 11.3 Å². The number of hydrogen-bond donors (Lipinski definition) is 0. The molecule has 4 aromatic rings. The molecule has 0 bridgehead atoms. The summed E-state index contributed by atoms with van der Waals surface area (Å²) in [6, 6.07) is 18.1. The van der Waals surface area contributed by atoms with Crippen molar-refractivity contribution in [2.75, 3.05) is 0 Å². The van der Waals surface area contributed by atoms with Gasteiger partial charge in [0.15, 0.2) is 0 Å². The molecule has 3 aromatic carbocycles. The van der Waals surface area contributed by atoms with E-state index in [1.165, 1.54) is 63.6 Å². The first-order valence-electron chi connectivity index (χ1n) is 13.3. The van der Waals surface area contributed by atoms with Gasteiger partial charge >= 0.3 is 21.1 Å². The van der Waals surface area contributed by atoms with Crippen LogP contribution in [0.15, 0.2) is 54.7 Å². The van der Waals surface area contributed by atoms with Crippen molar-refractivity contribution in [2.45, 2.75) is 74.0 Å². The van der Waals surface area contributed by atoms with Crippen LogP contribution in [-0.2, 0) is 28.1 Å². The second kappa shape index (κ2) is 14.2. The molecule has 2 unspecified atom stereocenters. The van der Waals surface area contributed by atoms with Gasteiger partial charge < -0.3 is 10.2 Å². The number of aryl methyl sites for hydroxylation is 7. The second-order valence-corrected chi connectivity index (χ2v) is 10.8. The van der Waals surface area contributed by atoms with Crippen molar-refractivity contribution in [1.29, 1.82) is 0 Å². The summed E-state index contributed by atoms with van der Waals surface area (Å²) in [4.78, 5) is 0.